The molecule has 4 aromatic rings. The molecule has 2 fully saturated rings. The van der Waals surface area contributed by atoms with Crippen LogP contribution in [0.2, 0.25) is 0 Å². The number of nitrogens with one attached hydrogen (secondary N) is 1. The maximum atomic E-state index is 14.6. The average molecular weight is 631 g/mol. The molecule has 10 N–H and O–H groups in total. The molecule has 0 saturated carbocycles. The Hall–Kier alpha value is -3.66. The lowest BCUT2D eigenvalue weighted by atomic mass is 10.1. The van der Waals surface area contributed by atoms with E-state index in [0.717, 1.165) is 21.7 Å². The summed E-state index contributed by atoms with van der Waals surface area (Å²) in [4.78, 5) is 40.1. The maximum Gasteiger partial charge on any atom is 0.338 e. The number of imidazole rings is 1. The van der Waals surface area contributed by atoms with Crippen molar-refractivity contribution in [2.24, 2.45) is 0 Å². The number of nitrogens with two attached hydrogens (primary N) is 2. The third-order valence-corrected chi connectivity index (χ3v) is 9.11. The number of aromatic nitrogens is 7. The second-order valence-corrected chi connectivity index (χ2v) is 11.9. The van der Waals surface area contributed by atoms with Crippen molar-refractivity contribution in [1.82, 2.24) is 34.1 Å². The van der Waals surface area contributed by atoms with E-state index in [4.69, 9.17) is 25.5 Å². The molecule has 0 aromatic carbocycles. The van der Waals surface area contributed by atoms with E-state index in [2.05, 4.69) is 24.9 Å². The highest BCUT2D eigenvalue weighted by molar-refractivity contribution is 7.53. The molecule has 0 spiro atoms. The zero-order valence-electron chi connectivity index (χ0n) is 21.5. The highest BCUT2D eigenvalue weighted by Gasteiger charge is 2.56. The van der Waals surface area contributed by atoms with E-state index in [1.807, 2.05) is 0 Å². The van der Waals surface area contributed by atoms with Crippen LogP contribution in [0.3, 0.4) is 0 Å². The van der Waals surface area contributed by atoms with E-state index in [9.17, 15) is 43.5 Å². The molecule has 9 atom stereocenters. The van der Waals surface area contributed by atoms with Crippen molar-refractivity contribution in [3.8, 4) is 0 Å². The van der Waals surface area contributed by atoms with Crippen LogP contribution in [0, 0.1) is 11.9 Å². The lowest BCUT2D eigenvalue weighted by Gasteiger charge is -2.27. The summed E-state index contributed by atoms with van der Waals surface area (Å²) in [7, 11) is -4.99. The number of halogens is 2. The van der Waals surface area contributed by atoms with Crippen molar-refractivity contribution in [3.63, 3.8) is 0 Å². The molecule has 22 heteroatoms. The summed E-state index contributed by atoms with van der Waals surface area (Å²) in [5, 5.41) is 41.4. The highest BCUT2D eigenvalue weighted by atomic mass is 31.2. The van der Waals surface area contributed by atoms with Crippen LogP contribution in [0.15, 0.2) is 17.3 Å². The zero-order chi connectivity index (χ0) is 31.0. The van der Waals surface area contributed by atoms with Gasteiger partial charge in [0, 0.05) is 6.20 Å². The minimum Gasteiger partial charge on any atom is -0.394 e. The third-order valence-electron chi connectivity index (χ3n) is 7.28. The first-order valence-corrected chi connectivity index (χ1v) is 14.1. The number of rotatable bonds is 7. The Morgan fingerprint density at radius 3 is 2.47 bits per heavy atom. The van der Waals surface area contributed by atoms with Gasteiger partial charge in [-0.2, -0.15) is 19.3 Å². The number of nitrogen functional groups attached to an aromatic ring is 2. The molecule has 2 saturated heterocycles. The summed E-state index contributed by atoms with van der Waals surface area (Å²) in [6, 6.07) is 0. The molecular formula is C21H24F2N9O10P. The molecule has 0 aliphatic carbocycles. The van der Waals surface area contributed by atoms with Gasteiger partial charge in [-0.1, -0.05) is 0 Å². The lowest BCUT2D eigenvalue weighted by Crippen LogP contribution is -2.36. The van der Waals surface area contributed by atoms with Gasteiger partial charge in [0.05, 0.1) is 24.9 Å². The monoisotopic (exact) mass is 631 g/mol. The Kier molecular flexibility index (Phi) is 7.18. The molecule has 6 heterocycles. The van der Waals surface area contributed by atoms with Gasteiger partial charge in [0.1, 0.15) is 42.0 Å². The molecule has 0 amide bonds. The topological polar surface area (TPSA) is 292 Å². The number of aliphatic hydroxyl groups is 4. The standard InChI is InChI=1S/C21H24F2N9O10P/c22-5-1-31(15-8(5)14(24)27-20(23)28-15)18-12(36)10(34)7(42-18)3-40-43(38,39)13-11(35)6(2-33)41-19(13)32-4-26-9-16(32)29-21(25)30-17(9)37/h1,4,6-7,10-13,18-19,33-36H,2-3H2,(H,38,39)(H2,24,27,28)(H3,25,29,30,37)/t6-,7-,10-,11-,12-,13-,18-,19-/m1/s1. The van der Waals surface area contributed by atoms with Gasteiger partial charge in [0.25, 0.3) is 5.56 Å². The van der Waals surface area contributed by atoms with Crippen molar-refractivity contribution >= 4 is 41.6 Å². The van der Waals surface area contributed by atoms with E-state index in [0.29, 0.717) is 0 Å². The first-order valence-electron chi connectivity index (χ1n) is 12.5. The summed E-state index contributed by atoms with van der Waals surface area (Å²) in [5.74, 6) is -1.79. The molecule has 232 valence electrons. The first-order chi connectivity index (χ1) is 20.3. The number of aromatic amines is 1. The summed E-state index contributed by atoms with van der Waals surface area (Å²) in [5.41, 5.74) is 7.94. The first kappa shape index (κ1) is 29.4. The van der Waals surface area contributed by atoms with Crippen LogP contribution in [0.1, 0.15) is 12.5 Å². The zero-order valence-corrected chi connectivity index (χ0v) is 22.4. The Morgan fingerprint density at radius 2 is 1.74 bits per heavy atom. The van der Waals surface area contributed by atoms with Crippen molar-refractivity contribution in [1.29, 1.82) is 0 Å². The largest absolute Gasteiger partial charge is 0.394 e. The minimum absolute atomic E-state index is 0.158. The predicted molar refractivity (Wildman–Crippen MR) is 137 cm³/mol. The van der Waals surface area contributed by atoms with Crippen molar-refractivity contribution < 1.29 is 52.7 Å². The second kappa shape index (κ2) is 10.5. The van der Waals surface area contributed by atoms with Crippen LogP contribution in [0.4, 0.5) is 20.5 Å². The minimum atomic E-state index is -4.99. The number of hydrogen-bond donors (Lipinski definition) is 8. The number of aliphatic hydroxyl groups excluding tert-OH is 4. The summed E-state index contributed by atoms with van der Waals surface area (Å²) >= 11 is 0. The van der Waals surface area contributed by atoms with Crippen LogP contribution in [0.5, 0.6) is 0 Å². The van der Waals surface area contributed by atoms with Gasteiger partial charge in [-0.25, -0.2) is 9.37 Å². The third kappa shape index (κ3) is 4.74. The van der Waals surface area contributed by atoms with E-state index in [1.54, 1.807) is 0 Å². The quantitative estimate of drug-likeness (QED) is 0.0769. The number of ether oxygens (including phenoxy) is 2. The molecular weight excluding hydrogens is 607 g/mol. The van der Waals surface area contributed by atoms with E-state index >= 15 is 0 Å². The molecule has 6 rings (SSSR count). The normalized spacial score (nSPS) is 30.9. The van der Waals surface area contributed by atoms with Crippen LogP contribution in [0.25, 0.3) is 22.2 Å². The van der Waals surface area contributed by atoms with Crippen LogP contribution in [-0.4, -0.2) is 109 Å². The molecule has 4 aromatic heterocycles. The van der Waals surface area contributed by atoms with Crippen LogP contribution in [-0.2, 0) is 18.6 Å². The number of hydrogen-bond acceptors (Lipinski definition) is 15. The van der Waals surface area contributed by atoms with E-state index in [-0.39, 0.29) is 22.5 Å². The number of fused-ring (bicyclic) bond motifs is 2. The van der Waals surface area contributed by atoms with E-state index in [1.165, 1.54) is 0 Å². The van der Waals surface area contributed by atoms with Crippen molar-refractivity contribution in [3.05, 3.63) is 34.8 Å². The second-order valence-electron chi connectivity index (χ2n) is 9.87. The maximum absolute atomic E-state index is 14.6. The summed E-state index contributed by atoms with van der Waals surface area (Å²) in [6.45, 7) is -1.63. The van der Waals surface area contributed by atoms with Crippen molar-refractivity contribution in [2.75, 3.05) is 24.7 Å². The van der Waals surface area contributed by atoms with Gasteiger partial charge >= 0.3 is 13.7 Å². The number of nitrogens with zero attached hydrogens (tertiary/aromatic N) is 6. The van der Waals surface area contributed by atoms with Crippen LogP contribution >= 0.6 is 7.60 Å². The number of H-pyrrole nitrogens is 1. The van der Waals surface area contributed by atoms with Gasteiger partial charge in [0.2, 0.25) is 5.95 Å². The highest BCUT2D eigenvalue weighted by Crippen LogP contribution is 2.57. The smallest absolute Gasteiger partial charge is 0.338 e. The van der Waals surface area contributed by atoms with Gasteiger partial charge < -0.3 is 55.4 Å². The Bertz CT molecular complexity index is 1820. The van der Waals surface area contributed by atoms with E-state index < -0.39 is 98.4 Å². The Balaban J connectivity index is 1.26. The number of anilines is 2. The molecule has 0 bridgehead atoms. The molecule has 0 radical (unpaired) electrons. The SMILES string of the molecule is Nc1nc2c(ncn2[C@@H]2O[C@H](CO)[C@@H](O)[C@H]2P(=O)(O)OC[C@H]2O[C@@H](n3cc(F)c4c(N)nc(F)nc43)[C@H](O)[C@@H]2O)c(=O)[nH]1. The molecule has 19 nitrogen and oxygen atoms in total. The predicted octanol–water partition coefficient (Wildman–Crippen LogP) is -2.55. The van der Waals surface area contributed by atoms with Gasteiger partial charge in [-0.15, -0.1) is 0 Å². The Labute approximate surface area is 236 Å². The molecule has 1 unspecified atom stereocenters. The fourth-order valence-corrected chi connectivity index (χ4v) is 6.90. The molecule has 2 aliphatic rings. The van der Waals surface area contributed by atoms with Gasteiger partial charge in [-0.3, -0.25) is 18.9 Å². The lowest BCUT2D eigenvalue weighted by molar-refractivity contribution is -0.0496. The Morgan fingerprint density at radius 1 is 1.02 bits per heavy atom. The average Bonchev–Trinajstić information content (AvgIpc) is 3.66. The van der Waals surface area contributed by atoms with Gasteiger partial charge in [-0.05, 0) is 0 Å². The van der Waals surface area contributed by atoms with Crippen LogP contribution < -0.4 is 17.0 Å². The summed E-state index contributed by atoms with van der Waals surface area (Å²) < 4.78 is 60.3. The molecule has 43 heavy (non-hydrogen) atoms. The van der Waals surface area contributed by atoms with Gasteiger partial charge in [0.15, 0.2) is 35.1 Å². The summed E-state index contributed by atoms with van der Waals surface area (Å²) in [6.07, 6.45) is -10.8. The van der Waals surface area contributed by atoms with Crippen molar-refractivity contribution in [2.45, 2.75) is 48.6 Å². The fraction of sp³-hybridized carbons (Fsp3) is 0.476. The fourth-order valence-electron chi connectivity index (χ4n) is 5.25. The molecule has 2 aliphatic heterocycles.